The monoisotopic (exact) mass is 369 g/mol. The number of nitrogens with one attached hydrogen (secondary N) is 3. The summed E-state index contributed by atoms with van der Waals surface area (Å²) in [4.78, 5) is 24.8. The summed E-state index contributed by atoms with van der Waals surface area (Å²) in [5.74, 6) is 0.421. The average molecular weight is 369 g/mol. The lowest BCUT2D eigenvalue weighted by molar-refractivity contribution is -0.132. The van der Waals surface area contributed by atoms with Crippen molar-refractivity contribution in [3.63, 3.8) is 0 Å². The molecule has 3 N–H and O–H groups in total. The van der Waals surface area contributed by atoms with E-state index in [0.29, 0.717) is 24.3 Å². The highest BCUT2D eigenvalue weighted by molar-refractivity contribution is 5.95. The maximum atomic E-state index is 13.2. The van der Waals surface area contributed by atoms with E-state index in [9.17, 15) is 9.59 Å². The molecule has 8 nitrogen and oxygen atoms in total. The van der Waals surface area contributed by atoms with E-state index in [1.165, 1.54) is 0 Å². The molecule has 2 aliphatic rings. The van der Waals surface area contributed by atoms with Gasteiger partial charge in [-0.25, -0.2) is 0 Å². The molecule has 1 aromatic heterocycles. The second-order valence-corrected chi connectivity index (χ2v) is 7.02. The smallest absolute Gasteiger partial charge is 0.262 e. The van der Waals surface area contributed by atoms with Crippen molar-refractivity contribution < 1.29 is 14.3 Å². The highest BCUT2D eigenvalue weighted by atomic mass is 16.5. The second kappa shape index (κ2) is 7.03. The number of nitrogens with zero attached hydrogens (tertiary/aromatic N) is 2. The Morgan fingerprint density at radius 1 is 1.37 bits per heavy atom. The minimum atomic E-state index is -0.686. The van der Waals surface area contributed by atoms with Crippen LogP contribution in [0, 0.1) is 0 Å². The maximum Gasteiger partial charge on any atom is 0.262 e. The van der Waals surface area contributed by atoms with Crippen LogP contribution in [-0.4, -0.2) is 41.3 Å². The molecule has 0 spiro atoms. The Bertz CT molecular complexity index is 843. The number of fused-ring (bicyclic) bond motifs is 1. The molecule has 8 heteroatoms. The van der Waals surface area contributed by atoms with Crippen LogP contribution in [0.25, 0.3) is 0 Å². The van der Waals surface area contributed by atoms with Gasteiger partial charge in [-0.05, 0) is 56.6 Å². The second-order valence-electron chi connectivity index (χ2n) is 7.02. The summed E-state index contributed by atoms with van der Waals surface area (Å²) in [6, 6.07) is 7.20. The molecule has 2 aromatic rings. The lowest BCUT2D eigenvalue weighted by Gasteiger charge is -2.37. The molecule has 2 amide bonds. The topological polar surface area (TPSA) is 97.3 Å². The maximum absolute atomic E-state index is 13.2. The Hall–Kier alpha value is -2.87. The first-order valence-corrected chi connectivity index (χ1v) is 9.17. The number of piperidine rings is 1. The third-order valence-corrected chi connectivity index (χ3v) is 5.28. The molecule has 0 aliphatic carbocycles. The zero-order chi connectivity index (χ0) is 18.9. The third-order valence-electron chi connectivity index (χ3n) is 5.28. The minimum Gasteiger partial charge on any atom is -0.482 e. The van der Waals surface area contributed by atoms with E-state index in [1.807, 2.05) is 37.4 Å². The van der Waals surface area contributed by atoms with Crippen molar-refractivity contribution in [3.8, 4) is 5.75 Å². The molecule has 2 aliphatic heterocycles. The van der Waals surface area contributed by atoms with Crippen molar-refractivity contribution in [2.45, 2.75) is 31.3 Å². The zero-order valence-corrected chi connectivity index (χ0v) is 15.2. The Kier molecular flexibility index (Phi) is 4.57. The first kappa shape index (κ1) is 17.5. The molecule has 4 rings (SSSR count). The van der Waals surface area contributed by atoms with Crippen LogP contribution in [0.1, 0.15) is 31.4 Å². The van der Waals surface area contributed by atoms with Crippen molar-refractivity contribution in [1.29, 1.82) is 0 Å². The Morgan fingerprint density at radius 3 is 2.93 bits per heavy atom. The molecular weight excluding hydrogens is 346 g/mol. The summed E-state index contributed by atoms with van der Waals surface area (Å²) in [6.45, 7) is 3.50. The van der Waals surface area contributed by atoms with Gasteiger partial charge in [-0.15, -0.1) is 0 Å². The highest BCUT2D eigenvalue weighted by Gasteiger charge is 2.42. The van der Waals surface area contributed by atoms with E-state index in [2.05, 4.69) is 21.0 Å². The fraction of sp³-hybridized carbons (Fsp3) is 0.421. The molecule has 0 saturated carbocycles. The van der Waals surface area contributed by atoms with Crippen LogP contribution in [0.3, 0.4) is 0 Å². The van der Waals surface area contributed by atoms with Gasteiger partial charge < -0.3 is 20.7 Å². The van der Waals surface area contributed by atoms with E-state index < -0.39 is 5.54 Å². The van der Waals surface area contributed by atoms with Gasteiger partial charge in [0.05, 0.1) is 11.7 Å². The van der Waals surface area contributed by atoms with Crippen LogP contribution >= 0.6 is 0 Å². The number of rotatable bonds is 4. The van der Waals surface area contributed by atoms with Gasteiger partial charge in [-0.1, -0.05) is 6.07 Å². The van der Waals surface area contributed by atoms with Crippen LogP contribution in [0.5, 0.6) is 5.75 Å². The van der Waals surface area contributed by atoms with Gasteiger partial charge in [-0.3, -0.25) is 14.3 Å². The summed E-state index contributed by atoms with van der Waals surface area (Å²) in [5.41, 5.74) is 0.847. The quantitative estimate of drug-likeness (QED) is 0.752. The molecule has 142 valence electrons. The van der Waals surface area contributed by atoms with Crippen LogP contribution < -0.4 is 20.7 Å². The molecule has 27 heavy (non-hydrogen) atoms. The van der Waals surface area contributed by atoms with Crippen molar-refractivity contribution in [2.75, 3.05) is 25.0 Å². The summed E-state index contributed by atoms with van der Waals surface area (Å²) in [6.07, 6.45) is 4.91. The molecule has 0 radical (unpaired) electrons. The van der Waals surface area contributed by atoms with Crippen LogP contribution in [0.15, 0.2) is 36.7 Å². The van der Waals surface area contributed by atoms with Gasteiger partial charge in [0.1, 0.15) is 11.3 Å². The SMILES string of the molecule is CC(NC(=O)C1(n2cccn2)CCNCC1)c1ccc2c(c1)NC(=O)CO2. The number of hydrogen-bond donors (Lipinski definition) is 3. The molecular formula is C19H23N5O3. The Labute approximate surface area is 157 Å². The lowest BCUT2D eigenvalue weighted by atomic mass is 9.87. The van der Waals surface area contributed by atoms with E-state index >= 15 is 0 Å². The Morgan fingerprint density at radius 2 is 2.19 bits per heavy atom. The number of anilines is 1. The Balaban J connectivity index is 1.55. The average Bonchev–Trinajstić information content (AvgIpc) is 3.23. The largest absolute Gasteiger partial charge is 0.482 e. The van der Waals surface area contributed by atoms with Crippen LogP contribution in [0.4, 0.5) is 5.69 Å². The normalized spacial score (nSPS) is 19.4. The summed E-state index contributed by atoms with van der Waals surface area (Å²) >= 11 is 0. The number of aromatic nitrogens is 2. The van der Waals surface area contributed by atoms with Gasteiger partial charge in [0.25, 0.3) is 5.91 Å². The fourth-order valence-electron chi connectivity index (χ4n) is 3.71. The number of ether oxygens (including phenoxy) is 1. The van der Waals surface area contributed by atoms with E-state index in [-0.39, 0.29) is 24.5 Å². The van der Waals surface area contributed by atoms with Gasteiger partial charge in [-0.2, -0.15) is 5.10 Å². The van der Waals surface area contributed by atoms with Gasteiger partial charge >= 0.3 is 0 Å². The molecule has 0 bridgehead atoms. The summed E-state index contributed by atoms with van der Waals surface area (Å²) in [7, 11) is 0. The van der Waals surface area contributed by atoms with E-state index in [1.54, 1.807) is 10.9 Å². The lowest BCUT2D eigenvalue weighted by Crippen LogP contribution is -2.55. The van der Waals surface area contributed by atoms with Gasteiger partial charge in [0.15, 0.2) is 6.61 Å². The van der Waals surface area contributed by atoms with Crippen molar-refractivity contribution in [1.82, 2.24) is 20.4 Å². The zero-order valence-electron chi connectivity index (χ0n) is 15.2. The summed E-state index contributed by atoms with van der Waals surface area (Å²) in [5, 5.41) is 13.6. The molecule has 3 heterocycles. The predicted molar refractivity (Wildman–Crippen MR) is 99.4 cm³/mol. The number of amides is 2. The van der Waals surface area contributed by atoms with Crippen molar-refractivity contribution in [3.05, 3.63) is 42.2 Å². The van der Waals surface area contributed by atoms with Crippen LogP contribution in [-0.2, 0) is 15.1 Å². The molecule has 1 atom stereocenters. The fourth-order valence-corrected chi connectivity index (χ4v) is 3.71. The van der Waals surface area contributed by atoms with E-state index in [0.717, 1.165) is 18.7 Å². The molecule has 1 aromatic carbocycles. The first-order chi connectivity index (χ1) is 13.1. The van der Waals surface area contributed by atoms with Crippen molar-refractivity contribution >= 4 is 17.5 Å². The predicted octanol–water partition coefficient (Wildman–Crippen LogP) is 1.17. The highest BCUT2D eigenvalue weighted by Crippen LogP contribution is 2.32. The number of carbonyl (C=O) groups excluding carboxylic acids is 2. The van der Waals surface area contributed by atoms with Gasteiger partial charge in [0, 0.05) is 12.4 Å². The number of benzene rings is 1. The molecule has 1 saturated heterocycles. The minimum absolute atomic E-state index is 0.0268. The van der Waals surface area contributed by atoms with Gasteiger partial charge in [0.2, 0.25) is 5.91 Å². The molecule has 1 fully saturated rings. The van der Waals surface area contributed by atoms with Crippen molar-refractivity contribution in [2.24, 2.45) is 0 Å². The standard InChI is InChI=1S/C19H23N5O3/c1-13(14-3-4-16-15(11-14)23-17(25)12-27-16)22-18(26)19(5-8-20-9-6-19)24-10-2-7-21-24/h2-4,7,10-11,13,20H,5-6,8-9,12H2,1H3,(H,22,26)(H,23,25). The number of hydrogen-bond acceptors (Lipinski definition) is 5. The number of carbonyl (C=O) groups is 2. The molecule has 1 unspecified atom stereocenters. The third kappa shape index (κ3) is 3.28. The van der Waals surface area contributed by atoms with Crippen LogP contribution in [0.2, 0.25) is 0 Å². The first-order valence-electron chi connectivity index (χ1n) is 9.17. The summed E-state index contributed by atoms with van der Waals surface area (Å²) < 4.78 is 7.17. The van der Waals surface area contributed by atoms with E-state index in [4.69, 9.17) is 4.74 Å².